The van der Waals surface area contributed by atoms with Crippen molar-refractivity contribution in [2.45, 2.75) is 69.9 Å². The van der Waals surface area contributed by atoms with Crippen LogP contribution in [0.2, 0.25) is 0 Å². The molecule has 0 aromatic rings. The number of alkyl carbamates (subject to hydrolysis) is 1. The second-order valence-corrected chi connectivity index (χ2v) is 5.98. The molecule has 2 rings (SSSR count). The zero-order chi connectivity index (χ0) is 12.6. The van der Waals surface area contributed by atoms with E-state index in [-0.39, 0.29) is 6.04 Å². The van der Waals surface area contributed by atoms with Crippen molar-refractivity contribution < 1.29 is 13.9 Å². The molecule has 2 aliphatic heterocycles. The van der Waals surface area contributed by atoms with E-state index >= 15 is 0 Å². The number of alkyl halides is 1. The average molecular weight is 244 g/mol. The van der Waals surface area contributed by atoms with E-state index in [1.165, 1.54) is 0 Å². The van der Waals surface area contributed by atoms with Gasteiger partial charge in [-0.3, -0.25) is 0 Å². The first-order valence-electron chi connectivity index (χ1n) is 6.25. The van der Waals surface area contributed by atoms with Crippen molar-refractivity contribution in [3.05, 3.63) is 0 Å². The summed E-state index contributed by atoms with van der Waals surface area (Å²) in [5.74, 6) is 0. The number of amides is 1. The van der Waals surface area contributed by atoms with Gasteiger partial charge in [-0.15, -0.1) is 0 Å². The zero-order valence-electron chi connectivity index (χ0n) is 10.6. The average Bonchev–Trinajstić information content (AvgIpc) is 2.55. The van der Waals surface area contributed by atoms with E-state index in [9.17, 15) is 9.18 Å². The van der Waals surface area contributed by atoms with Crippen molar-refractivity contribution in [3.8, 4) is 0 Å². The van der Waals surface area contributed by atoms with Crippen molar-refractivity contribution in [2.75, 3.05) is 0 Å². The molecule has 98 valence electrons. The number of ether oxygens (including phenoxy) is 1. The van der Waals surface area contributed by atoms with Crippen molar-refractivity contribution >= 4 is 6.09 Å². The number of fused-ring (bicyclic) bond motifs is 2. The number of hydrogen-bond donors (Lipinski definition) is 2. The first-order valence-corrected chi connectivity index (χ1v) is 6.25. The standard InChI is InChI=1S/C12H21FN2O2/c1-12(2,3)17-11(16)15-9-6-7-4-5-8(14-7)10(9)13/h7-10,14H,4-6H2,1-3H3,(H,15,16)/t7?,8-,9?,10?/m0/s1. The van der Waals surface area contributed by atoms with Gasteiger partial charge in [0.2, 0.25) is 0 Å². The van der Waals surface area contributed by atoms with Crippen LogP contribution in [0.1, 0.15) is 40.0 Å². The number of nitrogens with one attached hydrogen (secondary N) is 2. The van der Waals surface area contributed by atoms with Gasteiger partial charge in [0.25, 0.3) is 0 Å². The Morgan fingerprint density at radius 2 is 2.12 bits per heavy atom. The normalized spacial score (nSPS) is 36.7. The molecule has 2 saturated heterocycles. The predicted molar refractivity (Wildman–Crippen MR) is 62.6 cm³/mol. The SMILES string of the molecule is CC(C)(C)OC(=O)NC1CC2CC[C@H](N2)C1F. The molecule has 2 aliphatic rings. The number of hydrogen-bond acceptors (Lipinski definition) is 3. The lowest BCUT2D eigenvalue weighted by atomic mass is 9.98. The topological polar surface area (TPSA) is 50.4 Å². The molecule has 0 spiro atoms. The van der Waals surface area contributed by atoms with E-state index in [1.54, 1.807) is 20.8 Å². The molecule has 2 fully saturated rings. The van der Waals surface area contributed by atoms with E-state index in [1.807, 2.05) is 0 Å². The molecule has 0 saturated carbocycles. The van der Waals surface area contributed by atoms with E-state index in [2.05, 4.69) is 10.6 Å². The largest absolute Gasteiger partial charge is 0.444 e. The van der Waals surface area contributed by atoms with Crippen LogP contribution in [0.25, 0.3) is 0 Å². The Morgan fingerprint density at radius 3 is 2.76 bits per heavy atom. The van der Waals surface area contributed by atoms with E-state index in [0.29, 0.717) is 12.5 Å². The molecular weight excluding hydrogens is 223 g/mol. The number of carbonyl (C=O) groups excluding carboxylic acids is 1. The molecule has 0 aromatic heterocycles. The number of carbonyl (C=O) groups is 1. The van der Waals surface area contributed by atoms with Gasteiger partial charge in [0.05, 0.1) is 6.04 Å². The minimum Gasteiger partial charge on any atom is -0.444 e. The lowest BCUT2D eigenvalue weighted by Crippen LogP contribution is -2.56. The maximum absolute atomic E-state index is 14.0. The van der Waals surface area contributed by atoms with E-state index < -0.39 is 23.9 Å². The smallest absolute Gasteiger partial charge is 0.407 e. The molecule has 1 amide bonds. The van der Waals surface area contributed by atoms with Crippen LogP contribution in [0, 0.1) is 0 Å². The van der Waals surface area contributed by atoms with Crippen molar-refractivity contribution in [3.63, 3.8) is 0 Å². The summed E-state index contributed by atoms with van der Waals surface area (Å²) in [5, 5.41) is 5.87. The molecular formula is C12H21FN2O2. The monoisotopic (exact) mass is 244 g/mol. The maximum atomic E-state index is 14.0. The van der Waals surface area contributed by atoms with Gasteiger partial charge in [0, 0.05) is 12.1 Å². The van der Waals surface area contributed by atoms with Gasteiger partial charge in [-0.05, 0) is 40.0 Å². The highest BCUT2D eigenvalue weighted by molar-refractivity contribution is 5.68. The fourth-order valence-electron chi connectivity index (χ4n) is 2.60. The molecule has 2 heterocycles. The lowest BCUT2D eigenvalue weighted by Gasteiger charge is -2.33. The minimum absolute atomic E-state index is 0.103. The highest BCUT2D eigenvalue weighted by atomic mass is 19.1. The van der Waals surface area contributed by atoms with E-state index in [4.69, 9.17) is 4.74 Å². The van der Waals surface area contributed by atoms with Gasteiger partial charge in [0.15, 0.2) is 0 Å². The van der Waals surface area contributed by atoms with Gasteiger partial charge in [-0.2, -0.15) is 0 Å². The van der Waals surface area contributed by atoms with Crippen LogP contribution < -0.4 is 10.6 Å². The van der Waals surface area contributed by atoms with Crippen LogP contribution in [0.4, 0.5) is 9.18 Å². The Labute approximate surface area is 101 Å². The molecule has 17 heavy (non-hydrogen) atoms. The third-order valence-corrected chi connectivity index (χ3v) is 3.29. The molecule has 0 aliphatic carbocycles. The Bertz CT molecular complexity index is 303. The Balaban J connectivity index is 1.88. The van der Waals surface area contributed by atoms with Crippen LogP contribution in [-0.2, 0) is 4.74 Å². The van der Waals surface area contributed by atoms with Crippen LogP contribution in [0.15, 0.2) is 0 Å². The predicted octanol–water partition coefficient (Wildman–Crippen LogP) is 1.74. The molecule has 4 nitrogen and oxygen atoms in total. The van der Waals surface area contributed by atoms with Gasteiger partial charge in [-0.25, -0.2) is 9.18 Å². The van der Waals surface area contributed by atoms with Crippen LogP contribution >= 0.6 is 0 Å². The fraction of sp³-hybridized carbons (Fsp3) is 0.917. The summed E-state index contributed by atoms with van der Waals surface area (Å²) in [6, 6.07) is -0.177. The minimum atomic E-state index is -1.01. The summed E-state index contributed by atoms with van der Waals surface area (Å²) in [5.41, 5.74) is -0.540. The molecule has 5 heteroatoms. The van der Waals surface area contributed by atoms with Gasteiger partial charge >= 0.3 is 6.09 Å². The molecule has 0 radical (unpaired) electrons. The number of piperidine rings is 1. The highest BCUT2D eigenvalue weighted by Crippen LogP contribution is 2.29. The van der Waals surface area contributed by atoms with Crippen molar-refractivity contribution in [1.82, 2.24) is 10.6 Å². The first-order chi connectivity index (χ1) is 7.85. The summed E-state index contributed by atoms with van der Waals surface area (Å²) in [4.78, 5) is 11.6. The third-order valence-electron chi connectivity index (χ3n) is 3.29. The maximum Gasteiger partial charge on any atom is 0.407 e. The first kappa shape index (κ1) is 12.6. The van der Waals surface area contributed by atoms with Crippen molar-refractivity contribution in [2.24, 2.45) is 0 Å². The third kappa shape index (κ3) is 3.09. The Kier molecular flexibility index (Phi) is 3.30. The van der Waals surface area contributed by atoms with Gasteiger partial charge in [0.1, 0.15) is 11.8 Å². The highest BCUT2D eigenvalue weighted by Gasteiger charge is 2.42. The molecule has 0 aromatic carbocycles. The number of rotatable bonds is 1. The van der Waals surface area contributed by atoms with Gasteiger partial charge in [-0.1, -0.05) is 0 Å². The second-order valence-electron chi connectivity index (χ2n) is 5.98. The summed E-state index contributed by atoms with van der Waals surface area (Å²) in [6.07, 6.45) is 0.972. The fourth-order valence-corrected chi connectivity index (χ4v) is 2.60. The quantitative estimate of drug-likeness (QED) is 0.738. The molecule has 4 atom stereocenters. The van der Waals surface area contributed by atoms with Crippen LogP contribution in [0.5, 0.6) is 0 Å². The summed E-state index contributed by atoms with van der Waals surface area (Å²) in [7, 11) is 0. The summed E-state index contributed by atoms with van der Waals surface area (Å²) >= 11 is 0. The Morgan fingerprint density at radius 1 is 1.41 bits per heavy atom. The molecule has 3 unspecified atom stereocenters. The van der Waals surface area contributed by atoms with Gasteiger partial charge < -0.3 is 15.4 Å². The van der Waals surface area contributed by atoms with Crippen LogP contribution in [-0.4, -0.2) is 36.0 Å². The lowest BCUT2D eigenvalue weighted by molar-refractivity contribution is 0.0436. The van der Waals surface area contributed by atoms with E-state index in [0.717, 1.165) is 12.8 Å². The number of halogens is 1. The van der Waals surface area contributed by atoms with Crippen molar-refractivity contribution in [1.29, 1.82) is 0 Å². The second kappa shape index (κ2) is 4.44. The Hall–Kier alpha value is -0.840. The molecule has 2 N–H and O–H groups in total. The van der Waals surface area contributed by atoms with Crippen LogP contribution in [0.3, 0.4) is 0 Å². The summed E-state index contributed by atoms with van der Waals surface area (Å²) in [6.45, 7) is 5.39. The molecule has 2 bridgehead atoms. The summed E-state index contributed by atoms with van der Waals surface area (Å²) < 4.78 is 19.1. The zero-order valence-corrected chi connectivity index (χ0v) is 10.6.